The van der Waals surface area contributed by atoms with Crippen LogP contribution in [0.3, 0.4) is 0 Å². The maximum Gasteiger partial charge on any atom is 0.306 e. The zero-order valence-electron chi connectivity index (χ0n) is 9.73. The van der Waals surface area contributed by atoms with Crippen molar-refractivity contribution >= 4 is 34.5 Å². The molecule has 1 aromatic carbocycles. The third-order valence-electron chi connectivity index (χ3n) is 3.11. The molecule has 0 bridgehead atoms. The van der Waals surface area contributed by atoms with E-state index in [0.717, 1.165) is 9.13 Å². The van der Waals surface area contributed by atoms with Crippen LogP contribution in [0.25, 0.3) is 0 Å². The summed E-state index contributed by atoms with van der Waals surface area (Å²) in [6.07, 6.45) is 1.45. The minimum absolute atomic E-state index is 0.0291. The molecule has 0 aliphatic heterocycles. The first-order valence-electron chi connectivity index (χ1n) is 5.81. The number of carbonyl (C=O) groups is 2. The van der Waals surface area contributed by atoms with Gasteiger partial charge in [-0.3, -0.25) is 9.59 Å². The van der Waals surface area contributed by atoms with E-state index in [1.165, 1.54) is 0 Å². The van der Waals surface area contributed by atoms with Gasteiger partial charge < -0.3 is 10.4 Å². The largest absolute Gasteiger partial charge is 0.481 e. The summed E-state index contributed by atoms with van der Waals surface area (Å²) in [6.45, 7) is 0. The molecule has 1 saturated carbocycles. The summed E-state index contributed by atoms with van der Waals surface area (Å²) >= 11 is 2.21. The van der Waals surface area contributed by atoms with Crippen LogP contribution in [-0.2, 0) is 16.0 Å². The zero-order valence-corrected chi connectivity index (χ0v) is 11.9. The van der Waals surface area contributed by atoms with Crippen molar-refractivity contribution in [3.8, 4) is 0 Å². The number of halogens is 1. The van der Waals surface area contributed by atoms with Crippen LogP contribution in [0.2, 0.25) is 0 Å². The third-order valence-corrected chi connectivity index (χ3v) is 3.78. The fourth-order valence-electron chi connectivity index (χ4n) is 2.05. The number of hydrogen-bond acceptors (Lipinski definition) is 2. The third kappa shape index (κ3) is 3.44. The number of carboxylic acids is 1. The molecule has 1 amide bonds. The van der Waals surface area contributed by atoms with Crippen molar-refractivity contribution in [2.24, 2.45) is 5.92 Å². The zero-order chi connectivity index (χ0) is 13.1. The summed E-state index contributed by atoms with van der Waals surface area (Å²) in [4.78, 5) is 22.4. The van der Waals surface area contributed by atoms with Crippen molar-refractivity contribution in [1.82, 2.24) is 5.32 Å². The standard InChI is InChI=1S/C13H14INO3/c14-10-3-1-2-8(4-10)5-12(16)15-11-6-9(7-11)13(17)18/h1-4,9,11H,5-7H2,(H,15,16)(H,17,18). The van der Waals surface area contributed by atoms with Gasteiger partial charge in [0.15, 0.2) is 0 Å². The van der Waals surface area contributed by atoms with Crippen LogP contribution in [0.5, 0.6) is 0 Å². The smallest absolute Gasteiger partial charge is 0.306 e. The average molecular weight is 359 g/mol. The van der Waals surface area contributed by atoms with Crippen LogP contribution in [0.1, 0.15) is 18.4 Å². The second-order valence-corrected chi connectivity index (χ2v) is 5.82. The van der Waals surface area contributed by atoms with Gasteiger partial charge in [-0.25, -0.2) is 0 Å². The highest BCUT2D eigenvalue weighted by atomic mass is 127. The molecule has 0 radical (unpaired) electrons. The Bertz CT molecular complexity index is 469. The number of benzene rings is 1. The van der Waals surface area contributed by atoms with E-state index in [1.54, 1.807) is 0 Å². The molecule has 0 unspecified atom stereocenters. The van der Waals surface area contributed by atoms with E-state index in [1.807, 2.05) is 24.3 Å². The van der Waals surface area contributed by atoms with Crippen LogP contribution in [0.4, 0.5) is 0 Å². The molecule has 0 heterocycles. The van der Waals surface area contributed by atoms with E-state index in [-0.39, 0.29) is 17.9 Å². The first-order valence-corrected chi connectivity index (χ1v) is 6.89. The van der Waals surface area contributed by atoms with Gasteiger partial charge in [-0.15, -0.1) is 0 Å². The molecule has 4 nitrogen and oxygen atoms in total. The van der Waals surface area contributed by atoms with Gasteiger partial charge in [0.05, 0.1) is 12.3 Å². The topological polar surface area (TPSA) is 66.4 Å². The van der Waals surface area contributed by atoms with Crippen molar-refractivity contribution in [3.05, 3.63) is 33.4 Å². The monoisotopic (exact) mass is 359 g/mol. The van der Waals surface area contributed by atoms with Crippen LogP contribution in [0.15, 0.2) is 24.3 Å². The van der Waals surface area contributed by atoms with Gasteiger partial charge in [0.1, 0.15) is 0 Å². The molecule has 5 heteroatoms. The van der Waals surface area contributed by atoms with Crippen molar-refractivity contribution in [1.29, 1.82) is 0 Å². The van der Waals surface area contributed by atoms with E-state index in [4.69, 9.17) is 5.11 Å². The van der Waals surface area contributed by atoms with Crippen LogP contribution < -0.4 is 5.32 Å². The van der Waals surface area contributed by atoms with Crippen molar-refractivity contribution in [2.75, 3.05) is 0 Å². The minimum Gasteiger partial charge on any atom is -0.481 e. The maximum absolute atomic E-state index is 11.7. The molecule has 2 N–H and O–H groups in total. The minimum atomic E-state index is -0.766. The Morgan fingerprint density at radius 1 is 1.39 bits per heavy atom. The van der Waals surface area contributed by atoms with Gasteiger partial charge in [0.25, 0.3) is 0 Å². The molecule has 1 aliphatic rings. The lowest BCUT2D eigenvalue weighted by Crippen LogP contribution is -2.47. The molecule has 1 aliphatic carbocycles. The van der Waals surface area contributed by atoms with Crippen LogP contribution in [0, 0.1) is 9.49 Å². The van der Waals surface area contributed by atoms with Crippen LogP contribution >= 0.6 is 22.6 Å². The van der Waals surface area contributed by atoms with Crippen molar-refractivity contribution in [3.63, 3.8) is 0 Å². The van der Waals surface area contributed by atoms with E-state index in [2.05, 4.69) is 27.9 Å². The molecule has 0 aromatic heterocycles. The molecule has 0 atom stereocenters. The number of hydrogen-bond donors (Lipinski definition) is 2. The fraction of sp³-hybridized carbons (Fsp3) is 0.385. The molecule has 2 rings (SSSR count). The number of aliphatic carboxylic acids is 1. The number of carboxylic acid groups (broad SMARTS) is 1. The van der Waals surface area contributed by atoms with E-state index in [9.17, 15) is 9.59 Å². The molecule has 1 aromatic rings. The Labute approximate surface area is 119 Å². The second kappa shape index (κ2) is 5.69. The van der Waals surface area contributed by atoms with E-state index >= 15 is 0 Å². The lowest BCUT2D eigenvalue weighted by Gasteiger charge is -2.32. The highest BCUT2D eigenvalue weighted by Crippen LogP contribution is 2.27. The maximum atomic E-state index is 11.7. The highest BCUT2D eigenvalue weighted by molar-refractivity contribution is 14.1. The normalized spacial score (nSPS) is 22.1. The number of rotatable bonds is 4. The number of carbonyl (C=O) groups excluding carboxylic acids is 1. The molecule has 96 valence electrons. The Morgan fingerprint density at radius 3 is 2.72 bits per heavy atom. The van der Waals surface area contributed by atoms with Gasteiger partial charge in [-0.05, 0) is 53.1 Å². The SMILES string of the molecule is O=C(Cc1cccc(I)c1)NC1CC(C(=O)O)C1. The highest BCUT2D eigenvalue weighted by Gasteiger charge is 2.35. The lowest BCUT2D eigenvalue weighted by molar-refractivity contribution is -0.146. The van der Waals surface area contributed by atoms with Crippen molar-refractivity contribution < 1.29 is 14.7 Å². The summed E-state index contributed by atoms with van der Waals surface area (Å²) in [6, 6.07) is 7.82. The van der Waals surface area contributed by atoms with Crippen molar-refractivity contribution in [2.45, 2.75) is 25.3 Å². The number of nitrogens with one attached hydrogen (secondary N) is 1. The predicted octanol–water partition coefficient (Wildman–Crippen LogP) is 1.81. The predicted molar refractivity (Wildman–Crippen MR) is 75.2 cm³/mol. The Hall–Kier alpha value is -1.11. The van der Waals surface area contributed by atoms with E-state index < -0.39 is 5.97 Å². The van der Waals surface area contributed by atoms with Gasteiger partial charge in [0.2, 0.25) is 5.91 Å². The quantitative estimate of drug-likeness (QED) is 0.806. The summed E-state index contributed by atoms with van der Waals surface area (Å²) in [5.41, 5.74) is 0.980. The molecular weight excluding hydrogens is 345 g/mol. The van der Waals surface area contributed by atoms with Gasteiger partial charge in [-0.2, -0.15) is 0 Å². The van der Waals surface area contributed by atoms with Gasteiger partial charge in [0, 0.05) is 9.61 Å². The van der Waals surface area contributed by atoms with Gasteiger partial charge in [-0.1, -0.05) is 12.1 Å². The first kappa shape index (κ1) is 13.3. The summed E-state index contributed by atoms with van der Waals surface area (Å²) in [7, 11) is 0. The molecule has 18 heavy (non-hydrogen) atoms. The Balaban J connectivity index is 1.78. The van der Waals surface area contributed by atoms with Crippen LogP contribution in [-0.4, -0.2) is 23.0 Å². The van der Waals surface area contributed by atoms with Gasteiger partial charge >= 0.3 is 5.97 Å². The Kier molecular flexibility index (Phi) is 4.21. The first-order chi connectivity index (χ1) is 8.54. The summed E-state index contributed by atoms with van der Waals surface area (Å²) in [5, 5.41) is 11.6. The number of amides is 1. The summed E-state index contributed by atoms with van der Waals surface area (Å²) < 4.78 is 1.10. The average Bonchev–Trinajstić information content (AvgIpc) is 2.22. The molecule has 0 saturated heterocycles. The lowest BCUT2D eigenvalue weighted by atomic mass is 9.80. The summed E-state index contributed by atoms with van der Waals surface area (Å²) in [5.74, 6) is -1.09. The molecule has 1 fully saturated rings. The fourth-order valence-corrected chi connectivity index (χ4v) is 2.66. The van der Waals surface area contributed by atoms with E-state index in [0.29, 0.717) is 19.3 Å². The Morgan fingerprint density at radius 2 is 2.11 bits per heavy atom. The second-order valence-electron chi connectivity index (χ2n) is 4.58. The molecular formula is C13H14INO3. The molecule has 0 spiro atoms.